The molecule has 1 fully saturated rings. The molecule has 0 bridgehead atoms. The molecule has 0 amide bonds. The summed E-state index contributed by atoms with van der Waals surface area (Å²) in [5.74, 6) is 0. The smallest absolute Gasteiger partial charge is 0.136 e. The third-order valence-electron chi connectivity index (χ3n) is 7.55. The van der Waals surface area contributed by atoms with Crippen LogP contribution in [0.3, 0.4) is 0 Å². The molecule has 5 heteroatoms. The van der Waals surface area contributed by atoms with Gasteiger partial charge < -0.3 is 18.9 Å². The second-order valence-corrected chi connectivity index (χ2v) is 11.8. The molecule has 6 rings (SSSR count). The highest BCUT2D eigenvalue weighted by Gasteiger charge is 2.47. The quantitative estimate of drug-likeness (QED) is 0.158. The van der Waals surface area contributed by atoms with Crippen LogP contribution in [0, 0.1) is 0 Å². The van der Waals surface area contributed by atoms with Gasteiger partial charge in [-0.25, -0.2) is 0 Å². The van der Waals surface area contributed by atoms with E-state index in [1.54, 1.807) is 11.8 Å². The molecule has 5 atom stereocenters. The molecule has 1 aliphatic rings. The minimum atomic E-state index is -0.364. The molecule has 0 aliphatic carbocycles. The summed E-state index contributed by atoms with van der Waals surface area (Å²) in [6.07, 6.45) is -1.24. The van der Waals surface area contributed by atoms with Gasteiger partial charge in [0.2, 0.25) is 0 Å². The molecule has 214 valence electrons. The molecule has 0 N–H and O–H groups in total. The highest BCUT2D eigenvalue weighted by Crippen LogP contribution is 2.38. The van der Waals surface area contributed by atoms with E-state index in [4.69, 9.17) is 18.9 Å². The van der Waals surface area contributed by atoms with Gasteiger partial charge in [0.15, 0.2) is 0 Å². The van der Waals surface area contributed by atoms with Crippen molar-refractivity contribution >= 4 is 22.5 Å². The lowest BCUT2D eigenvalue weighted by Gasteiger charge is -2.45. The number of benzene rings is 5. The number of fused-ring (bicyclic) bond motifs is 1. The van der Waals surface area contributed by atoms with Crippen molar-refractivity contribution in [2.24, 2.45) is 0 Å². The van der Waals surface area contributed by atoms with Gasteiger partial charge in [0.1, 0.15) is 23.7 Å². The SMILES string of the molecule is C[C@@H]1O[C@@H](Sc2ccccc2)[C@H](OCc2ccccc2)[C@H](OCc2ccccc2)[C@H]1OCc1ccc2ccccc2c1. The molecule has 0 saturated carbocycles. The first-order valence-corrected chi connectivity index (χ1v) is 15.4. The molecular weight excluding hydrogens is 540 g/mol. The predicted octanol–water partition coefficient (Wildman–Crippen LogP) is 8.43. The zero-order chi connectivity index (χ0) is 28.6. The zero-order valence-electron chi connectivity index (χ0n) is 23.8. The number of hydrogen-bond donors (Lipinski definition) is 0. The fourth-order valence-corrected chi connectivity index (χ4v) is 6.53. The maximum atomic E-state index is 6.74. The molecule has 0 spiro atoms. The van der Waals surface area contributed by atoms with Gasteiger partial charge in [0.05, 0.1) is 25.9 Å². The normalized spacial score (nSPS) is 22.3. The van der Waals surface area contributed by atoms with Gasteiger partial charge in [-0.1, -0.05) is 127 Å². The van der Waals surface area contributed by atoms with Crippen LogP contribution in [0.15, 0.2) is 138 Å². The maximum absolute atomic E-state index is 6.74. The van der Waals surface area contributed by atoms with Crippen LogP contribution in [0.4, 0.5) is 0 Å². The molecule has 4 nitrogen and oxygen atoms in total. The standard InChI is InChI=1S/C37H36O4S/c1-27-34(38-26-30-21-22-31-17-11-12-18-32(31)23-30)35(39-24-28-13-5-2-6-14-28)36(40-25-29-15-7-3-8-16-29)37(41-27)42-33-19-9-4-10-20-33/h2-23,27,34-37H,24-26H2,1H3/t27-,34-,35+,36+,37-/m0/s1. The van der Waals surface area contributed by atoms with Crippen molar-refractivity contribution in [3.05, 3.63) is 150 Å². The van der Waals surface area contributed by atoms with Crippen molar-refractivity contribution < 1.29 is 18.9 Å². The third kappa shape index (κ3) is 7.30. The molecule has 1 heterocycles. The average Bonchev–Trinajstić information content (AvgIpc) is 3.04. The Hall–Kier alpha value is -3.45. The van der Waals surface area contributed by atoms with Gasteiger partial charge in [-0.05, 0) is 52.6 Å². The Morgan fingerprint density at radius 3 is 1.71 bits per heavy atom. The Labute approximate surface area is 252 Å². The van der Waals surface area contributed by atoms with Gasteiger partial charge >= 0.3 is 0 Å². The van der Waals surface area contributed by atoms with Crippen molar-refractivity contribution in [3.63, 3.8) is 0 Å². The van der Waals surface area contributed by atoms with E-state index in [9.17, 15) is 0 Å². The van der Waals surface area contributed by atoms with Crippen LogP contribution in [-0.2, 0) is 38.8 Å². The highest BCUT2D eigenvalue weighted by atomic mass is 32.2. The minimum absolute atomic E-state index is 0.205. The van der Waals surface area contributed by atoms with E-state index in [0.717, 1.165) is 21.6 Å². The lowest BCUT2D eigenvalue weighted by Crippen LogP contribution is -2.58. The number of hydrogen-bond acceptors (Lipinski definition) is 5. The first kappa shape index (κ1) is 28.7. The summed E-state index contributed by atoms with van der Waals surface area (Å²) in [5.41, 5.74) is 3.06. The summed E-state index contributed by atoms with van der Waals surface area (Å²) in [7, 11) is 0. The van der Waals surface area contributed by atoms with Gasteiger partial charge in [-0.2, -0.15) is 0 Å². The summed E-state index contributed by atoms with van der Waals surface area (Å²) >= 11 is 1.67. The van der Waals surface area contributed by atoms with Crippen LogP contribution in [0.1, 0.15) is 23.6 Å². The molecular formula is C37H36O4S. The van der Waals surface area contributed by atoms with E-state index in [1.807, 2.05) is 54.6 Å². The van der Waals surface area contributed by atoms with Crippen LogP contribution >= 0.6 is 11.8 Å². The average molecular weight is 577 g/mol. The Morgan fingerprint density at radius 2 is 1.05 bits per heavy atom. The molecule has 5 aromatic carbocycles. The summed E-state index contributed by atoms with van der Waals surface area (Å²) in [6.45, 7) is 3.45. The Morgan fingerprint density at radius 1 is 0.524 bits per heavy atom. The second-order valence-electron chi connectivity index (χ2n) is 10.6. The fourth-order valence-electron chi connectivity index (χ4n) is 5.35. The molecule has 42 heavy (non-hydrogen) atoms. The van der Waals surface area contributed by atoms with Crippen molar-refractivity contribution in [1.82, 2.24) is 0 Å². The largest absolute Gasteiger partial charge is 0.368 e. The van der Waals surface area contributed by atoms with Crippen LogP contribution in [0.25, 0.3) is 10.8 Å². The second kappa shape index (κ2) is 14.1. The van der Waals surface area contributed by atoms with Crippen molar-refractivity contribution in [2.75, 3.05) is 0 Å². The summed E-state index contributed by atoms with van der Waals surface area (Å²) in [6, 6.07) is 45.7. The fraction of sp³-hybridized carbons (Fsp3) is 0.243. The summed E-state index contributed by atoms with van der Waals surface area (Å²) in [4.78, 5) is 1.13. The Kier molecular flexibility index (Phi) is 9.65. The Bertz CT molecular complexity index is 1530. The lowest BCUT2D eigenvalue weighted by molar-refractivity contribution is -0.242. The van der Waals surface area contributed by atoms with Crippen molar-refractivity contribution in [1.29, 1.82) is 0 Å². The van der Waals surface area contributed by atoms with Gasteiger partial charge in [-0.15, -0.1) is 0 Å². The monoisotopic (exact) mass is 576 g/mol. The maximum Gasteiger partial charge on any atom is 0.136 e. The number of rotatable bonds is 11. The van der Waals surface area contributed by atoms with Crippen LogP contribution in [0.2, 0.25) is 0 Å². The predicted molar refractivity (Wildman–Crippen MR) is 169 cm³/mol. The van der Waals surface area contributed by atoms with E-state index < -0.39 is 0 Å². The van der Waals surface area contributed by atoms with Gasteiger partial charge in [0, 0.05) is 4.90 Å². The lowest BCUT2D eigenvalue weighted by atomic mass is 9.99. The highest BCUT2D eigenvalue weighted by molar-refractivity contribution is 7.99. The van der Waals surface area contributed by atoms with E-state index in [1.165, 1.54) is 10.8 Å². The first-order valence-electron chi connectivity index (χ1n) is 14.5. The topological polar surface area (TPSA) is 36.9 Å². The van der Waals surface area contributed by atoms with Crippen molar-refractivity contribution in [2.45, 2.75) is 61.5 Å². The Balaban J connectivity index is 1.27. The molecule has 0 radical (unpaired) electrons. The van der Waals surface area contributed by atoms with E-state index in [-0.39, 0.29) is 29.9 Å². The van der Waals surface area contributed by atoms with Crippen LogP contribution < -0.4 is 0 Å². The zero-order valence-corrected chi connectivity index (χ0v) is 24.6. The summed E-state index contributed by atoms with van der Waals surface area (Å²) in [5, 5.41) is 2.42. The summed E-state index contributed by atoms with van der Waals surface area (Å²) < 4.78 is 26.8. The van der Waals surface area contributed by atoms with Gasteiger partial charge in [-0.3, -0.25) is 0 Å². The molecule has 1 saturated heterocycles. The minimum Gasteiger partial charge on any atom is -0.368 e. The molecule has 0 unspecified atom stereocenters. The van der Waals surface area contributed by atoms with Crippen LogP contribution in [-0.4, -0.2) is 29.9 Å². The van der Waals surface area contributed by atoms with E-state index in [2.05, 4.69) is 85.8 Å². The molecule has 1 aliphatic heterocycles. The van der Waals surface area contributed by atoms with Crippen molar-refractivity contribution in [3.8, 4) is 0 Å². The van der Waals surface area contributed by atoms with Crippen LogP contribution in [0.5, 0.6) is 0 Å². The molecule has 5 aromatic rings. The van der Waals surface area contributed by atoms with Gasteiger partial charge in [0.25, 0.3) is 0 Å². The third-order valence-corrected chi connectivity index (χ3v) is 8.71. The number of ether oxygens (including phenoxy) is 4. The first-order chi connectivity index (χ1) is 20.7. The van der Waals surface area contributed by atoms with E-state index >= 15 is 0 Å². The molecule has 0 aromatic heterocycles. The number of thioether (sulfide) groups is 1. The van der Waals surface area contributed by atoms with E-state index in [0.29, 0.717) is 19.8 Å².